The summed E-state index contributed by atoms with van der Waals surface area (Å²) in [4.78, 5) is 26.9. The van der Waals surface area contributed by atoms with Gasteiger partial charge in [0.1, 0.15) is 0 Å². The van der Waals surface area contributed by atoms with E-state index in [0.29, 0.717) is 11.8 Å². The third-order valence-corrected chi connectivity index (χ3v) is 5.24. The number of thioether (sulfide) groups is 1. The van der Waals surface area contributed by atoms with E-state index < -0.39 is 0 Å². The van der Waals surface area contributed by atoms with Crippen LogP contribution < -0.4 is 10.6 Å². The Hall–Kier alpha value is -1.87. The average molecular weight is 426 g/mol. The van der Waals surface area contributed by atoms with Gasteiger partial charge in [-0.1, -0.05) is 15.9 Å². The number of ether oxygens (including phenoxy) is 1. The number of hydrogen-bond donors (Lipinski definition) is 1. The Morgan fingerprint density at radius 3 is 2.64 bits per heavy atom. The summed E-state index contributed by atoms with van der Waals surface area (Å²) in [5.41, 5.74) is 7.87. The van der Waals surface area contributed by atoms with Crippen LogP contribution in [0.3, 0.4) is 0 Å². The van der Waals surface area contributed by atoms with Gasteiger partial charge in [-0.15, -0.1) is 11.8 Å². The second-order valence-electron chi connectivity index (χ2n) is 5.62. The Morgan fingerprint density at radius 1 is 1.24 bits per heavy atom. The maximum Gasteiger partial charge on any atom is 0.316 e. The van der Waals surface area contributed by atoms with E-state index in [4.69, 9.17) is 10.5 Å². The predicted octanol–water partition coefficient (Wildman–Crippen LogP) is 2.73. The van der Waals surface area contributed by atoms with Crippen LogP contribution in [0.15, 0.2) is 21.5 Å². The van der Waals surface area contributed by atoms with E-state index in [1.807, 2.05) is 26.0 Å². The highest BCUT2D eigenvalue weighted by molar-refractivity contribution is 9.10. The number of aryl methyl sites for hydroxylation is 2. The minimum absolute atomic E-state index is 0.0364. The molecule has 1 aromatic heterocycles. The van der Waals surface area contributed by atoms with Gasteiger partial charge in [0.2, 0.25) is 11.9 Å². The number of hydrogen-bond acceptors (Lipinski definition) is 8. The van der Waals surface area contributed by atoms with Crippen LogP contribution in [0.2, 0.25) is 0 Å². The van der Waals surface area contributed by atoms with E-state index in [1.54, 1.807) is 19.0 Å². The van der Waals surface area contributed by atoms with Crippen molar-refractivity contribution in [1.29, 1.82) is 0 Å². The van der Waals surface area contributed by atoms with Crippen LogP contribution in [-0.4, -0.2) is 40.8 Å². The highest BCUT2D eigenvalue weighted by atomic mass is 79.9. The summed E-state index contributed by atoms with van der Waals surface area (Å²) in [7, 11) is 3.59. The summed E-state index contributed by atoms with van der Waals surface area (Å²) in [6, 6.07) is 4.09. The normalized spacial score (nSPS) is 10.6. The standard InChI is InChI=1S/C16H20BrN5O2S/c1-9-6-12(10(2)5-11(9)17)25-8-14(23)24-7-13-19-15(18)21-16(20-13)22(3)4/h5-6H,7-8H2,1-4H3,(H2,18,19,20,21). The molecule has 0 unspecified atom stereocenters. The molecular formula is C16H20BrN5O2S. The third-order valence-electron chi connectivity index (χ3n) is 3.25. The van der Waals surface area contributed by atoms with Crippen molar-refractivity contribution in [1.82, 2.24) is 15.0 Å². The topological polar surface area (TPSA) is 94.2 Å². The molecule has 134 valence electrons. The van der Waals surface area contributed by atoms with Gasteiger partial charge < -0.3 is 15.4 Å². The summed E-state index contributed by atoms with van der Waals surface area (Å²) in [6.45, 7) is 3.99. The summed E-state index contributed by atoms with van der Waals surface area (Å²) < 4.78 is 6.29. The first-order valence-corrected chi connectivity index (χ1v) is 9.27. The molecule has 0 aliphatic rings. The van der Waals surface area contributed by atoms with Crippen LogP contribution in [0.25, 0.3) is 0 Å². The first-order valence-electron chi connectivity index (χ1n) is 7.49. The van der Waals surface area contributed by atoms with Gasteiger partial charge in [-0.05, 0) is 37.1 Å². The monoisotopic (exact) mass is 425 g/mol. The lowest BCUT2D eigenvalue weighted by Gasteiger charge is -2.11. The van der Waals surface area contributed by atoms with Gasteiger partial charge in [-0.25, -0.2) is 0 Å². The van der Waals surface area contributed by atoms with Crippen molar-refractivity contribution < 1.29 is 9.53 Å². The number of anilines is 2. The van der Waals surface area contributed by atoms with E-state index in [2.05, 4.69) is 30.9 Å². The molecule has 7 nitrogen and oxygen atoms in total. The first-order chi connectivity index (χ1) is 11.8. The van der Waals surface area contributed by atoms with Crippen molar-refractivity contribution in [2.24, 2.45) is 0 Å². The lowest BCUT2D eigenvalue weighted by Crippen LogP contribution is -2.17. The maximum atomic E-state index is 12.0. The molecule has 0 radical (unpaired) electrons. The molecule has 1 aromatic carbocycles. The fourth-order valence-electron chi connectivity index (χ4n) is 1.92. The Balaban J connectivity index is 1.92. The number of rotatable bonds is 6. The number of nitrogen functional groups attached to an aromatic ring is 1. The van der Waals surface area contributed by atoms with Gasteiger partial charge in [0.25, 0.3) is 0 Å². The first kappa shape index (κ1) is 19.5. The van der Waals surface area contributed by atoms with E-state index in [9.17, 15) is 4.79 Å². The fraction of sp³-hybridized carbons (Fsp3) is 0.375. The highest BCUT2D eigenvalue weighted by Crippen LogP contribution is 2.28. The number of halogens is 1. The van der Waals surface area contributed by atoms with Gasteiger partial charge >= 0.3 is 5.97 Å². The largest absolute Gasteiger partial charge is 0.457 e. The van der Waals surface area contributed by atoms with Crippen LogP contribution in [0.1, 0.15) is 17.0 Å². The molecule has 0 saturated carbocycles. The minimum atomic E-state index is -0.338. The van der Waals surface area contributed by atoms with Crippen LogP contribution in [0.4, 0.5) is 11.9 Å². The highest BCUT2D eigenvalue weighted by Gasteiger charge is 2.11. The van der Waals surface area contributed by atoms with Crippen molar-refractivity contribution in [2.75, 3.05) is 30.5 Å². The molecule has 0 aliphatic carbocycles. The molecule has 2 aromatic rings. The average Bonchev–Trinajstić information content (AvgIpc) is 2.54. The van der Waals surface area contributed by atoms with Crippen molar-refractivity contribution in [3.8, 4) is 0 Å². The van der Waals surface area contributed by atoms with Crippen molar-refractivity contribution >= 4 is 45.6 Å². The second kappa shape index (κ2) is 8.48. The molecule has 0 amide bonds. The molecule has 0 bridgehead atoms. The van der Waals surface area contributed by atoms with Crippen LogP contribution in [-0.2, 0) is 16.1 Å². The smallest absolute Gasteiger partial charge is 0.316 e. The Labute approximate surface area is 159 Å². The number of carbonyl (C=O) groups is 1. The molecule has 0 spiro atoms. The molecular weight excluding hydrogens is 406 g/mol. The minimum Gasteiger partial charge on any atom is -0.457 e. The van der Waals surface area contributed by atoms with Crippen LogP contribution in [0, 0.1) is 13.8 Å². The Kier molecular flexibility index (Phi) is 6.60. The molecule has 0 fully saturated rings. The number of esters is 1. The fourth-order valence-corrected chi connectivity index (χ4v) is 3.28. The van der Waals surface area contributed by atoms with Gasteiger partial charge in [0.05, 0.1) is 5.75 Å². The molecule has 0 atom stereocenters. The Bertz CT molecular complexity index is 785. The van der Waals surface area contributed by atoms with E-state index >= 15 is 0 Å². The zero-order valence-corrected chi connectivity index (χ0v) is 16.9. The van der Waals surface area contributed by atoms with Gasteiger partial charge in [-0.2, -0.15) is 15.0 Å². The number of nitrogens with zero attached hydrogens (tertiary/aromatic N) is 4. The number of carbonyl (C=O) groups excluding carboxylic acids is 1. The Morgan fingerprint density at radius 2 is 1.96 bits per heavy atom. The summed E-state index contributed by atoms with van der Waals surface area (Å²) in [5, 5.41) is 0. The number of nitrogens with two attached hydrogens (primary N) is 1. The molecule has 2 N–H and O–H groups in total. The quantitative estimate of drug-likeness (QED) is 0.557. The number of benzene rings is 1. The van der Waals surface area contributed by atoms with Gasteiger partial charge in [0.15, 0.2) is 12.4 Å². The van der Waals surface area contributed by atoms with Crippen LogP contribution in [0.5, 0.6) is 0 Å². The van der Waals surface area contributed by atoms with Gasteiger partial charge in [0, 0.05) is 23.5 Å². The second-order valence-corrected chi connectivity index (χ2v) is 7.49. The molecule has 0 aliphatic heterocycles. The van der Waals surface area contributed by atoms with E-state index in [0.717, 1.165) is 20.5 Å². The maximum absolute atomic E-state index is 12.0. The summed E-state index contributed by atoms with van der Waals surface area (Å²) >= 11 is 4.94. The molecule has 25 heavy (non-hydrogen) atoms. The summed E-state index contributed by atoms with van der Waals surface area (Å²) in [5.74, 6) is 0.720. The van der Waals surface area contributed by atoms with E-state index in [1.165, 1.54) is 11.8 Å². The zero-order chi connectivity index (χ0) is 18.6. The predicted molar refractivity (Wildman–Crippen MR) is 103 cm³/mol. The lowest BCUT2D eigenvalue weighted by molar-refractivity contribution is -0.141. The van der Waals surface area contributed by atoms with Crippen molar-refractivity contribution in [2.45, 2.75) is 25.3 Å². The lowest BCUT2D eigenvalue weighted by atomic mass is 10.2. The molecule has 0 saturated heterocycles. The zero-order valence-electron chi connectivity index (χ0n) is 14.5. The number of aromatic nitrogens is 3. The van der Waals surface area contributed by atoms with Gasteiger partial charge in [-0.3, -0.25) is 4.79 Å². The van der Waals surface area contributed by atoms with E-state index in [-0.39, 0.29) is 24.3 Å². The van der Waals surface area contributed by atoms with Crippen molar-refractivity contribution in [3.05, 3.63) is 33.6 Å². The molecule has 9 heteroatoms. The SMILES string of the molecule is Cc1cc(SCC(=O)OCc2nc(N)nc(N(C)C)n2)c(C)cc1Br. The van der Waals surface area contributed by atoms with Crippen molar-refractivity contribution in [3.63, 3.8) is 0 Å². The summed E-state index contributed by atoms with van der Waals surface area (Å²) in [6.07, 6.45) is 0. The molecule has 2 rings (SSSR count). The van der Waals surface area contributed by atoms with Crippen LogP contribution >= 0.6 is 27.7 Å². The molecule has 1 heterocycles. The third kappa shape index (κ3) is 5.57.